The van der Waals surface area contributed by atoms with Crippen molar-refractivity contribution < 1.29 is 75.8 Å². The minimum absolute atomic E-state index is 0.605. The van der Waals surface area contributed by atoms with Crippen molar-refractivity contribution in [2.24, 2.45) is 0 Å². The molecule has 0 spiro atoms. The molecule has 2 rings (SSSR count). The fourth-order valence-electron chi connectivity index (χ4n) is 2.96. The monoisotopic (exact) mass is 436 g/mol. The number of hydrogen-bond acceptors (Lipinski definition) is 12. The molecule has 0 aromatic rings. The van der Waals surface area contributed by atoms with Gasteiger partial charge in [0.05, 0.1) is 0 Å². The number of rotatable bonds is 2. The van der Waals surface area contributed by atoms with E-state index >= 15 is 0 Å². The number of aliphatic hydroxyl groups is 8. The summed E-state index contributed by atoms with van der Waals surface area (Å²) >= 11 is 3.26. The van der Waals surface area contributed by atoms with Crippen molar-refractivity contribution in [1.29, 1.82) is 0 Å². The Hall–Kier alpha value is -0.991. The van der Waals surface area contributed by atoms with Crippen LogP contribution in [0.15, 0.2) is 0 Å². The van der Waals surface area contributed by atoms with Crippen molar-refractivity contribution in [3.63, 3.8) is 0 Å². The summed E-state index contributed by atoms with van der Waals surface area (Å²) in [4.78, 5) is 32.4. The van der Waals surface area contributed by atoms with Gasteiger partial charge in [0.2, 0.25) is 0 Å². The third-order valence-electron chi connectivity index (χ3n) is 4.65. The fourth-order valence-corrected chi connectivity index (χ4v) is 3.37. The van der Waals surface area contributed by atoms with E-state index in [2.05, 4.69) is 25.4 Å². The molecule has 0 radical (unpaired) electrons. The molecule has 8 N–H and O–H groups in total. The topological polar surface area (TPSA) is 214 Å². The zero-order valence-electron chi connectivity index (χ0n) is 13.6. The second kappa shape index (κ2) is 7.79. The van der Waals surface area contributed by atoms with Gasteiger partial charge in [-0.25, -0.2) is 0 Å². The van der Waals surface area contributed by atoms with Crippen molar-refractivity contribution >= 4 is 16.4 Å². The fraction of sp³-hybridized carbons (Fsp3) is 0.786. The Morgan fingerprint density at radius 2 is 1.26 bits per heavy atom. The van der Waals surface area contributed by atoms with Gasteiger partial charge in [-0.2, -0.15) is 0 Å². The predicted molar refractivity (Wildman–Crippen MR) is 77.0 cm³/mol. The van der Waals surface area contributed by atoms with Crippen molar-refractivity contribution in [3.8, 4) is 0 Å². The third-order valence-corrected chi connectivity index (χ3v) is 5.44. The SMILES string of the molecule is O=C(OOC(=O)C1(O)C[C@@H](O)C(O)C(O)[C]1=[Fe+])C1(O)C[C@@H](O)C(O)[C@H](O)C1. The molecular weight excluding hydrogens is 416 g/mol. The first kappa shape index (κ1) is 22.3. The van der Waals surface area contributed by atoms with Crippen molar-refractivity contribution in [2.75, 3.05) is 0 Å². The first-order chi connectivity index (χ1) is 12.3. The first-order valence-corrected chi connectivity index (χ1v) is 8.37. The summed E-state index contributed by atoms with van der Waals surface area (Å²) in [5.74, 6) is -3.25. The van der Waals surface area contributed by atoms with Crippen molar-refractivity contribution in [3.05, 3.63) is 0 Å². The summed E-state index contributed by atoms with van der Waals surface area (Å²) < 4.78 is -0.605. The van der Waals surface area contributed by atoms with E-state index in [1.807, 2.05) is 0 Å². The van der Waals surface area contributed by atoms with Crippen LogP contribution in [0.4, 0.5) is 0 Å². The van der Waals surface area contributed by atoms with Gasteiger partial charge in [-0.3, -0.25) is 0 Å². The van der Waals surface area contributed by atoms with E-state index in [9.17, 15) is 50.4 Å². The normalized spacial score (nSPS) is 45.3. The molecule has 0 heterocycles. The molecule has 0 saturated heterocycles. The van der Waals surface area contributed by atoms with E-state index in [1.54, 1.807) is 0 Å². The van der Waals surface area contributed by atoms with Gasteiger partial charge in [0.25, 0.3) is 0 Å². The average Bonchev–Trinajstić information content (AvgIpc) is 2.60. The van der Waals surface area contributed by atoms with Crippen LogP contribution in [-0.4, -0.2) is 105 Å². The quantitative estimate of drug-likeness (QED) is 0.116. The van der Waals surface area contributed by atoms with Crippen LogP contribution in [-0.2, 0) is 34.9 Å². The van der Waals surface area contributed by atoms with E-state index in [4.69, 9.17) is 0 Å². The second-order valence-electron chi connectivity index (χ2n) is 6.71. The van der Waals surface area contributed by atoms with Crippen LogP contribution < -0.4 is 0 Å². The van der Waals surface area contributed by atoms with Crippen LogP contribution in [0.5, 0.6) is 0 Å². The molecule has 12 nitrogen and oxygen atoms in total. The molecule has 0 amide bonds. The van der Waals surface area contributed by atoms with Crippen LogP contribution >= 0.6 is 0 Å². The number of aliphatic hydroxyl groups excluding tert-OH is 6. The summed E-state index contributed by atoms with van der Waals surface area (Å²) in [5, 5.41) is 77.8. The average molecular weight is 436 g/mol. The molecule has 155 valence electrons. The zero-order chi connectivity index (χ0) is 20.7. The number of carbonyl (C=O) groups is 2. The van der Waals surface area contributed by atoms with Gasteiger partial charge in [-0.05, 0) is 0 Å². The van der Waals surface area contributed by atoms with Gasteiger partial charge in [-0.1, -0.05) is 0 Å². The minimum atomic E-state index is -2.69. The summed E-state index contributed by atoms with van der Waals surface area (Å²) in [6.07, 6.45) is -12.4. The number of hydrogen-bond donors (Lipinski definition) is 8. The molecule has 2 saturated carbocycles. The van der Waals surface area contributed by atoms with Crippen LogP contribution in [0.25, 0.3) is 0 Å². The molecule has 0 bridgehead atoms. The van der Waals surface area contributed by atoms with E-state index in [0.29, 0.717) is 0 Å². The van der Waals surface area contributed by atoms with Crippen molar-refractivity contribution in [2.45, 2.75) is 67.1 Å². The Morgan fingerprint density at radius 1 is 0.815 bits per heavy atom. The van der Waals surface area contributed by atoms with E-state index in [-0.39, 0.29) is 0 Å². The molecule has 6 atom stereocenters. The summed E-state index contributed by atoms with van der Waals surface area (Å²) in [5.41, 5.74) is -5.18. The number of carbonyl (C=O) groups excluding carboxylic acids is 2. The predicted octanol–water partition coefficient (Wildman–Crippen LogP) is -5.47. The Bertz CT molecular complexity index is 613. The maximum absolute atomic E-state index is 12.1. The molecule has 27 heavy (non-hydrogen) atoms. The van der Waals surface area contributed by atoms with E-state index in [0.717, 1.165) is 0 Å². The van der Waals surface area contributed by atoms with Gasteiger partial charge >= 0.3 is 159 Å². The second-order valence-corrected chi connectivity index (χ2v) is 7.30. The van der Waals surface area contributed by atoms with Gasteiger partial charge in [-0.15, -0.1) is 0 Å². The Morgan fingerprint density at radius 3 is 1.78 bits per heavy atom. The van der Waals surface area contributed by atoms with E-state index in [1.165, 1.54) is 0 Å². The van der Waals surface area contributed by atoms with Gasteiger partial charge in [0.1, 0.15) is 0 Å². The summed E-state index contributed by atoms with van der Waals surface area (Å²) in [6, 6.07) is 0. The van der Waals surface area contributed by atoms with Gasteiger partial charge in [0.15, 0.2) is 0 Å². The van der Waals surface area contributed by atoms with Crippen molar-refractivity contribution in [1.82, 2.24) is 0 Å². The van der Waals surface area contributed by atoms with Crippen LogP contribution in [0.2, 0.25) is 0 Å². The Kier molecular flexibility index (Phi) is 6.44. The third kappa shape index (κ3) is 4.07. The van der Waals surface area contributed by atoms with Gasteiger partial charge in [0, 0.05) is 0 Å². The molecule has 2 aliphatic carbocycles. The first-order valence-electron chi connectivity index (χ1n) is 7.81. The van der Waals surface area contributed by atoms with Gasteiger partial charge < -0.3 is 0 Å². The van der Waals surface area contributed by atoms with Crippen LogP contribution in [0.3, 0.4) is 0 Å². The van der Waals surface area contributed by atoms with Crippen LogP contribution in [0, 0.1) is 0 Å². The van der Waals surface area contributed by atoms with Crippen LogP contribution in [0.1, 0.15) is 19.3 Å². The summed E-state index contributed by atoms with van der Waals surface area (Å²) in [6.45, 7) is 0. The molecule has 0 aliphatic heterocycles. The zero-order valence-corrected chi connectivity index (χ0v) is 14.8. The molecule has 2 fully saturated rings. The Labute approximate surface area is 159 Å². The molecule has 13 heteroatoms. The molecule has 0 aromatic heterocycles. The Balaban J connectivity index is 2.04. The molecule has 3 unspecified atom stereocenters. The standard InChI is InChI=1S/C14H20O12.Fe/c15-5-1-13(23,2-6(16)9(5)19)11(21)25-26-12(22)14(24)3-7(17)10(20)8(18)4-14;/h5-10,15-20,23-24H,1-3H2;/q;+1/t5-,6-,7-,8?,9?,10?,13?,14?;/m1./s1. The van der Waals surface area contributed by atoms with E-state index < -0.39 is 83.4 Å². The molecule has 2 aliphatic rings. The molecular formula is C14H20FeO12+. The summed E-state index contributed by atoms with van der Waals surface area (Å²) in [7, 11) is 0. The maximum atomic E-state index is 12.1. The molecule has 0 aromatic carbocycles.